The number of carbonyl (C=O) groups is 2. The van der Waals surface area contributed by atoms with E-state index in [-0.39, 0.29) is 11.7 Å². The Labute approximate surface area is 105 Å². The molecule has 2 saturated carbocycles. The Kier molecular flexibility index (Phi) is 2.73. The zero-order chi connectivity index (χ0) is 13.8. The minimum absolute atomic E-state index is 0.0821. The van der Waals surface area contributed by atoms with Crippen LogP contribution < -0.4 is 0 Å². The Hall–Kier alpha value is -1.11. The Morgan fingerprint density at radius 2 is 2.11 bits per heavy atom. The van der Waals surface area contributed by atoms with E-state index >= 15 is 0 Å². The monoisotopic (exact) mass is 276 g/mol. The van der Waals surface area contributed by atoms with Crippen molar-refractivity contribution in [1.82, 2.24) is 0 Å². The van der Waals surface area contributed by atoms with Gasteiger partial charge in [-0.1, -0.05) is 13.8 Å². The molecule has 6 nitrogen and oxygen atoms in total. The van der Waals surface area contributed by atoms with Gasteiger partial charge in [-0.25, -0.2) is 4.79 Å². The van der Waals surface area contributed by atoms with Gasteiger partial charge < -0.3 is 9.29 Å². The number of carboxylic acid groups (broad SMARTS) is 1. The van der Waals surface area contributed by atoms with E-state index in [0.717, 1.165) is 6.42 Å². The van der Waals surface area contributed by atoms with Crippen LogP contribution in [0.1, 0.15) is 33.1 Å². The van der Waals surface area contributed by atoms with E-state index in [1.165, 1.54) is 0 Å². The van der Waals surface area contributed by atoms with Crippen molar-refractivity contribution in [2.75, 3.05) is 5.75 Å². The molecule has 2 fully saturated rings. The summed E-state index contributed by atoms with van der Waals surface area (Å²) in [5.74, 6) is -0.430. The first kappa shape index (κ1) is 13.3. The second-order valence-corrected chi connectivity index (χ2v) is 7.29. The second kappa shape index (κ2) is 3.69. The molecule has 2 aliphatic carbocycles. The first-order valence-corrected chi connectivity index (χ1v) is 7.37. The van der Waals surface area contributed by atoms with Crippen LogP contribution in [-0.4, -0.2) is 31.2 Å². The Morgan fingerprint density at radius 1 is 1.50 bits per heavy atom. The summed E-state index contributed by atoms with van der Waals surface area (Å²) in [5, 5.41) is 8.40. The van der Waals surface area contributed by atoms with Crippen molar-refractivity contribution < 1.29 is 27.3 Å². The smallest absolute Gasteiger partial charge is 0.449 e. The highest BCUT2D eigenvalue weighted by Gasteiger charge is 2.65. The van der Waals surface area contributed by atoms with Crippen LogP contribution >= 0.6 is 0 Å². The molecule has 2 atom stereocenters. The van der Waals surface area contributed by atoms with Crippen molar-refractivity contribution in [3.63, 3.8) is 0 Å². The normalized spacial score (nSPS) is 33.7. The Morgan fingerprint density at radius 3 is 2.50 bits per heavy atom. The number of fused-ring (bicyclic) bond motifs is 2. The number of carbonyl (C=O) groups excluding carboxylic acids is 1. The number of Topliss-reactive ketones (excluding diaryl/α,β-unsaturated/α-hetero) is 1. The summed E-state index contributed by atoms with van der Waals surface area (Å²) in [6, 6.07) is 0. The minimum Gasteiger partial charge on any atom is -0.449 e. The number of rotatable bonds is 3. The molecule has 0 aliphatic heterocycles. The molecule has 18 heavy (non-hydrogen) atoms. The van der Waals surface area contributed by atoms with Gasteiger partial charge in [0.2, 0.25) is 0 Å². The third kappa shape index (κ3) is 1.72. The fraction of sp³-hybridized carbons (Fsp3) is 0.818. The van der Waals surface area contributed by atoms with Gasteiger partial charge in [0.25, 0.3) is 0 Å². The molecule has 7 heteroatoms. The lowest BCUT2D eigenvalue weighted by Gasteiger charge is -2.35. The van der Waals surface area contributed by atoms with Crippen LogP contribution in [0, 0.1) is 16.7 Å². The highest BCUT2D eigenvalue weighted by atomic mass is 32.2. The Balaban J connectivity index is 2.32. The van der Waals surface area contributed by atoms with Gasteiger partial charge in [0.15, 0.2) is 0 Å². The maximum absolute atomic E-state index is 12.1. The van der Waals surface area contributed by atoms with Gasteiger partial charge in [-0.15, -0.1) is 0 Å². The molecule has 1 N–H and O–H groups in total. The van der Waals surface area contributed by atoms with Crippen molar-refractivity contribution in [3.8, 4) is 0 Å². The van der Waals surface area contributed by atoms with Gasteiger partial charge in [-0.3, -0.25) is 4.79 Å². The van der Waals surface area contributed by atoms with Crippen molar-refractivity contribution in [2.45, 2.75) is 33.1 Å². The molecular weight excluding hydrogens is 260 g/mol. The van der Waals surface area contributed by atoms with Crippen molar-refractivity contribution in [1.29, 1.82) is 0 Å². The maximum Gasteiger partial charge on any atom is 0.521 e. The van der Waals surface area contributed by atoms with Crippen molar-refractivity contribution in [2.24, 2.45) is 16.7 Å². The molecule has 0 heterocycles. The van der Waals surface area contributed by atoms with Crippen LogP contribution in [-0.2, 0) is 19.1 Å². The lowest BCUT2D eigenvalue weighted by atomic mass is 9.70. The zero-order valence-corrected chi connectivity index (χ0v) is 11.1. The molecule has 2 aliphatic rings. The predicted octanol–water partition coefficient (Wildman–Crippen LogP) is 1.41. The quantitative estimate of drug-likeness (QED) is 0.782. The minimum atomic E-state index is -4.23. The molecule has 2 bridgehead atoms. The molecule has 0 amide bonds. The van der Waals surface area contributed by atoms with E-state index in [4.69, 9.17) is 5.11 Å². The molecule has 0 spiro atoms. The molecule has 2 rings (SSSR count). The summed E-state index contributed by atoms with van der Waals surface area (Å²) in [6.07, 6.45) is -0.174. The lowest BCUT2D eigenvalue weighted by Crippen LogP contribution is -2.42. The average Bonchev–Trinajstić information content (AvgIpc) is 2.48. The van der Waals surface area contributed by atoms with Crippen LogP contribution in [0.4, 0.5) is 4.79 Å². The molecule has 0 aromatic rings. The first-order chi connectivity index (χ1) is 8.11. The van der Waals surface area contributed by atoms with Crippen LogP contribution in [0.15, 0.2) is 0 Å². The SMILES string of the molecule is CC1(C)C2CCC1(CS(=O)(=O)OC(=O)O)C(=O)C2. The summed E-state index contributed by atoms with van der Waals surface area (Å²) in [6.45, 7) is 3.76. The summed E-state index contributed by atoms with van der Waals surface area (Å²) in [4.78, 5) is 22.4. The van der Waals surface area contributed by atoms with Gasteiger partial charge in [0, 0.05) is 6.42 Å². The highest BCUT2D eigenvalue weighted by Crippen LogP contribution is 2.64. The van der Waals surface area contributed by atoms with E-state index in [0.29, 0.717) is 12.8 Å². The van der Waals surface area contributed by atoms with Crippen molar-refractivity contribution >= 4 is 22.1 Å². The molecule has 0 radical (unpaired) electrons. The fourth-order valence-corrected chi connectivity index (χ4v) is 5.11. The summed E-state index contributed by atoms with van der Waals surface area (Å²) in [5.41, 5.74) is -1.40. The number of hydrogen-bond donors (Lipinski definition) is 1. The summed E-state index contributed by atoms with van der Waals surface area (Å²) < 4.78 is 27.2. The predicted molar refractivity (Wildman–Crippen MR) is 61.5 cm³/mol. The van der Waals surface area contributed by atoms with Crippen LogP contribution in [0.25, 0.3) is 0 Å². The molecule has 0 aromatic heterocycles. The van der Waals surface area contributed by atoms with Crippen LogP contribution in [0.5, 0.6) is 0 Å². The second-order valence-electron chi connectivity index (χ2n) is 5.72. The van der Waals surface area contributed by atoms with E-state index in [9.17, 15) is 18.0 Å². The van der Waals surface area contributed by atoms with Crippen LogP contribution in [0.3, 0.4) is 0 Å². The lowest BCUT2D eigenvalue weighted by molar-refractivity contribution is -0.128. The van der Waals surface area contributed by atoms with E-state index in [2.05, 4.69) is 4.18 Å². The fourth-order valence-electron chi connectivity index (χ4n) is 3.55. The average molecular weight is 276 g/mol. The number of hydrogen-bond acceptors (Lipinski definition) is 5. The largest absolute Gasteiger partial charge is 0.521 e. The molecule has 102 valence electrons. The van der Waals surface area contributed by atoms with E-state index in [1.54, 1.807) is 0 Å². The van der Waals surface area contributed by atoms with Gasteiger partial charge in [0.05, 0.1) is 11.2 Å². The third-order valence-corrected chi connectivity index (χ3v) is 6.00. The molecular formula is C11H16O6S. The third-order valence-electron chi connectivity index (χ3n) is 4.76. The van der Waals surface area contributed by atoms with Crippen LogP contribution in [0.2, 0.25) is 0 Å². The molecule has 2 unspecified atom stereocenters. The van der Waals surface area contributed by atoms with Gasteiger partial charge in [0.1, 0.15) is 5.78 Å². The highest BCUT2D eigenvalue weighted by molar-refractivity contribution is 7.87. The maximum atomic E-state index is 12.1. The number of ketones is 1. The topological polar surface area (TPSA) is 97.7 Å². The molecule has 0 saturated heterocycles. The van der Waals surface area contributed by atoms with Crippen molar-refractivity contribution in [3.05, 3.63) is 0 Å². The molecule has 0 aromatic carbocycles. The zero-order valence-electron chi connectivity index (χ0n) is 10.3. The van der Waals surface area contributed by atoms with Gasteiger partial charge in [-0.2, -0.15) is 8.42 Å². The first-order valence-electron chi connectivity index (χ1n) is 5.79. The summed E-state index contributed by atoms with van der Waals surface area (Å²) in [7, 11) is -4.23. The summed E-state index contributed by atoms with van der Waals surface area (Å²) >= 11 is 0. The Bertz CT molecular complexity index is 506. The van der Waals surface area contributed by atoms with E-state index in [1.807, 2.05) is 13.8 Å². The van der Waals surface area contributed by atoms with Gasteiger partial charge in [-0.05, 0) is 24.2 Å². The van der Waals surface area contributed by atoms with Gasteiger partial charge >= 0.3 is 16.3 Å². The van der Waals surface area contributed by atoms with E-state index < -0.39 is 32.9 Å². The standard InChI is InChI=1S/C11H16O6S/c1-10(2)7-3-4-11(10,8(12)5-7)6-18(15,16)17-9(13)14/h7H,3-6H2,1-2H3,(H,13,14).